The molecule has 0 bridgehead atoms. The van der Waals surface area contributed by atoms with Crippen LogP contribution < -0.4 is 5.32 Å². The fourth-order valence-electron chi connectivity index (χ4n) is 1.12. The molecule has 18 heavy (non-hydrogen) atoms. The van der Waals surface area contributed by atoms with Crippen LogP contribution in [0.1, 0.15) is 33.6 Å². The van der Waals surface area contributed by atoms with Crippen molar-refractivity contribution in [1.82, 2.24) is 5.32 Å². The van der Waals surface area contributed by atoms with Gasteiger partial charge in [0.05, 0.1) is 0 Å². The molecule has 0 spiro atoms. The molecular weight excluding hydrogens is 240 g/mol. The van der Waals surface area contributed by atoms with E-state index in [2.05, 4.69) is 15.3 Å². The van der Waals surface area contributed by atoms with Crippen LogP contribution in [0.3, 0.4) is 0 Å². The number of amides is 1. The van der Waals surface area contributed by atoms with E-state index >= 15 is 0 Å². The van der Waals surface area contributed by atoms with E-state index in [0.717, 1.165) is 0 Å². The molecule has 102 valence electrons. The Labute approximate surface area is 105 Å². The van der Waals surface area contributed by atoms with Crippen molar-refractivity contribution in [3.05, 3.63) is 10.4 Å². The lowest BCUT2D eigenvalue weighted by Gasteiger charge is -2.21. The number of carboxylic acid groups (broad SMARTS) is 1. The van der Waals surface area contributed by atoms with Crippen molar-refractivity contribution in [1.29, 1.82) is 0 Å². The summed E-state index contributed by atoms with van der Waals surface area (Å²) < 4.78 is 4.95. The highest BCUT2D eigenvalue weighted by molar-refractivity contribution is 5.79. The smallest absolute Gasteiger partial charge is 0.408 e. The number of carbonyl (C=O) groups excluding carboxylic acids is 1. The van der Waals surface area contributed by atoms with Crippen LogP contribution >= 0.6 is 0 Å². The lowest BCUT2D eigenvalue weighted by Crippen LogP contribution is -2.43. The third-order valence-corrected chi connectivity index (χ3v) is 1.80. The molecule has 2 N–H and O–H groups in total. The highest BCUT2D eigenvalue weighted by Crippen LogP contribution is 2.07. The lowest BCUT2D eigenvalue weighted by molar-refractivity contribution is -0.139. The van der Waals surface area contributed by atoms with Gasteiger partial charge in [0.1, 0.15) is 11.6 Å². The molecule has 0 aliphatic rings. The summed E-state index contributed by atoms with van der Waals surface area (Å²) in [6.07, 6.45) is -0.233. The zero-order chi connectivity index (χ0) is 14.2. The summed E-state index contributed by atoms with van der Waals surface area (Å²) in [5, 5.41) is 14.4. The lowest BCUT2D eigenvalue weighted by atomic mass is 10.1. The average Bonchev–Trinajstić information content (AvgIpc) is 2.19. The molecule has 0 radical (unpaired) electrons. The average molecular weight is 258 g/mol. The van der Waals surface area contributed by atoms with Gasteiger partial charge in [-0.3, -0.25) is 0 Å². The number of aliphatic carboxylic acids is 1. The summed E-state index contributed by atoms with van der Waals surface area (Å²) >= 11 is 0. The van der Waals surface area contributed by atoms with Gasteiger partial charge < -0.3 is 15.2 Å². The number of hydrogen-bond donors (Lipinski definition) is 2. The fourth-order valence-corrected chi connectivity index (χ4v) is 1.12. The number of alkyl carbamates (subject to hydrolysis) is 1. The van der Waals surface area contributed by atoms with Crippen LogP contribution in [0.25, 0.3) is 10.4 Å². The van der Waals surface area contributed by atoms with E-state index in [1.54, 1.807) is 20.8 Å². The predicted molar refractivity (Wildman–Crippen MR) is 64.0 cm³/mol. The molecule has 0 heterocycles. The first-order chi connectivity index (χ1) is 8.26. The molecule has 0 aromatic rings. The molecule has 1 atom stereocenters. The second-order valence-electron chi connectivity index (χ2n) is 4.63. The number of nitrogens with one attached hydrogen (secondary N) is 1. The van der Waals surface area contributed by atoms with Gasteiger partial charge in [0, 0.05) is 11.5 Å². The topological polar surface area (TPSA) is 124 Å². The summed E-state index contributed by atoms with van der Waals surface area (Å²) in [6, 6.07) is -1.05. The number of hydrogen-bond acceptors (Lipinski definition) is 4. The van der Waals surface area contributed by atoms with Gasteiger partial charge in [-0.05, 0) is 39.1 Å². The molecule has 8 nitrogen and oxygen atoms in total. The summed E-state index contributed by atoms with van der Waals surface area (Å²) in [7, 11) is 0. The van der Waals surface area contributed by atoms with Gasteiger partial charge in [-0.2, -0.15) is 0 Å². The van der Waals surface area contributed by atoms with Crippen molar-refractivity contribution in [2.45, 2.75) is 45.3 Å². The van der Waals surface area contributed by atoms with E-state index in [-0.39, 0.29) is 13.0 Å². The molecule has 0 fully saturated rings. The quantitative estimate of drug-likeness (QED) is 0.327. The van der Waals surface area contributed by atoms with Crippen molar-refractivity contribution in [3.63, 3.8) is 0 Å². The molecule has 0 saturated heterocycles. The van der Waals surface area contributed by atoms with E-state index in [9.17, 15) is 9.59 Å². The first-order valence-corrected chi connectivity index (χ1v) is 5.49. The third-order valence-electron chi connectivity index (χ3n) is 1.80. The Hall–Kier alpha value is -1.95. The summed E-state index contributed by atoms with van der Waals surface area (Å²) in [6.45, 7) is 5.24. The van der Waals surface area contributed by atoms with Crippen LogP contribution in [0.4, 0.5) is 4.79 Å². The molecule has 0 aliphatic heterocycles. The number of carbonyl (C=O) groups is 2. The maximum atomic E-state index is 11.4. The van der Waals surface area contributed by atoms with Gasteiger partial charge >= 0.3 is 12.1 Å². The van der Waals surface area contributed by atoms with Crippen LogP contribution in [-0.2, 0) is 9.53 Å². The number of azide groups is 1. The fraction of sp³-hybridized carbons (Fsp3) is 0.800. The largest absolute Gasteiger partial charge is 0.480 e. The van der Waals surface area contributed by atoms with Crippen molar-refractivity contribution in [2.75, 3.05) is 6.54 Å². The summed E-state index contributed by atoms with van der Waals surface area (Å²) in [5.41, 5.74) is 7.38. The predicted octanol–water partition coefficient (Wildman–Crippen LogP) is 2.05. The molecule has 0 rings (SSSR count). The SMILES string of the molecule is CC(C)(C)OC(=O)NC(CCCN=[N+]=[N-])C(=O)O. The van der Waals surface area contributed by atoms with Crippen molar-refractivity contribution in [2.24, 2.45) is 5.11 Å². The molecule has 1 unspecified atom stereocenters. The Morgan fingerprint density at radius 2 is 2.11 bits per heavy atom. The van der Waals surface area contributed by atoms with Crippen LogP contribution in [-0.4, -0.2) is 35.4 Å². The first kappa shape index (κ1) is 16.1. The Balaban J connectivity index is 4.23. The van der Waals surface area contributed by atoms with Gasteiger partial charge in [-0.25, -0.2) is 9.59 Å². The van der Waals surface area contributed by atoms with E-state index in [1.165, 1.54) is 0 Å². The van der Waals surface area contributed by atoms with E-state index in [0.29, 0.717) is 6.42 Å². The van der Waals surface area contributed by atoms with E-state index in [4.69, 9.17) is 15.4 Å². The zero-order valence-electron chi connectivity index (χ0n) is 10.7. The maximum Gasteiger partial charge on any atom is 0.408 e. The summed E-state index contributed by atoms with van der Waals surface area (Å²) in [4.78, 5) is 24.8. The maximum absolute atomic E-state index is 11.4. The Kier molecular flexibility index (Phi) is 6.59. The summed E-state index contributed by atoms with van der Waals surface area (Å²) in [5.74, 6) is -1.15. The molecule has 0 aromatic heterocycles. The Morgan fingerprint density at radius 1 is 1.50 bits per heavy atom. The van der Waals surface area contributed by atoms with E-state index < -0.39 is 23.7 Å². The number of carboxylic acids is 1. The second kappa shape index (κ2) is 7.39. The number of rotatable bonds is 6. The van der Waals surface area contributed by atoms with Crippen molar-refractivity contribution >= 4 is 12.1 Å². The molecule has 0 saturated carbocycles. The van der Waals surface area contributed by atoms with Crippen LogP contribution in [0.15, 0.2) is 5.11 Å². The van der Waals surface area contributed by atoms with Crippen LogP contribution in [0.2, 0.25) is 0 Å². The second-order valence-corrected chi connectivity index (χ2v) is 4.63. The third kappa shape index (κ3) is 8.23. The number of nitrogens with zero attached hydrogens (tertiary/aromatic N) is 3. The minimum absolute atomic E-state index is 0.174. The van der Waals surface area contributed by atoms with Gasteiger partial charge in [0.25, 0.3) is 0 Å². The zero-order valence-corrected chi connectivity index (χ0v) is 10.7. The van der Waals surface area contributed by atoms with Crippen molar-refractivity contribution in [3.8, 4) is 0 Å². The van der Waals surface area contributed by atoms with Gasteiger partial charge in [-0.1, -0.05) is 5.11 Å². The first-order valence-electron chi connectivity index (χ1n) is 5.49. The van der Waals surface area contributed by atoms with E-state index in [1.807, 2.05) is 0 Å². The van der Waals surface area contributed by atoms with Crippen LogP contribution in [0.5, 0.6) is 0 Å². The molecule has 8 heteroatoms. The van der Waals surface area contributed by atoms with Gasteiger partial charge in [0.2, 0.25) is 0 Å². The normalized spacial score (nSPS) is 12.2. The van der Waals surface area contributed by atoms with Gasteiger partial charge in [0.15, 0.2) is 0 Å². The molecule has 0 aliphatic carbocycles. The highest BCUT2D eigenvalue weighted by Gasteiger charge is 2.23. The Bertz CT molecular complexity index is 344. The van der Waals surface area contributed by atoms with Crippen molar-refractivity contribution < 1.29 is 19.4 Å². The molecule has 0 aromatic carbocycles. The molecular formula is C10H18N4O4. The van der Waals surface area contributed by atoms with Crippen LogP contribution in [0, 0.1) is 0 Å². The standard InChI is InChI=1S/C10H18N4O4/c1-10(2,3)18-9(17)13-7(8(15)16)5-4-6-12-14-11/h7H,4-6H2,1-3H3,(H,13,17)(H,15,16). The minimum atomic E-state index is -1.15. The monoisotopic (exact) mass is 258 g/mol. The number of ether oxygens (including phenoxy) is 1. The van der Waals surface area contributed by atoms with Gasteiger partial charge in [-0.15, -0.1) is 0 Å². The highest BCUT2D eigenvalue weighted by atomic mass is 16.6. The Morgan fingerprint density at radius 3 is 2.56 bits per heavy atom. The molecule has 1 amide bonds. The minimum Gasteiger partial charge on any atom is -0.480 e.